The number of nitrogens with zero attached hydrogens (tertiary/aromatic N) is 3. The average molecular weight is 398 g/mol. The molecule has 1 aliphatic rings. The number of rotatable bonds is 6. The first kappa shape index (κ1) is 18.8. The highest BCUT2D eigenvalue weighted by atomic mass is 32.2. The van der Waals surface area contributed by atoms with E-state index in [-0.39, 0.29) is 17.0 Å². The van der Waals surface area contributed by atoms with Gasteiger partial charge < -0.3 is 4.52 Å². The van der Waals surface area contributed by atoms with Crippen LogP contribution in [-0.4, -0.2) is 43.1 Å². The summed E-state index contributed by atoms with van der Waals surface area (Å²) in [5.41, 5.74) is 1.11. The lowest BCUT2D eigenvalue weighted by Crippen LogP contribution is -2.36. The van der Waals surface area contributed by atoms with Crippen molar-refractivity contribution in [3.8, 4) is 0 Å². The second-order valence-corrected chi connectivity index (χ2v) is 8.75. The van der Waals surface area contributed by atoms with E-state index in [0.29, 0.717) is 31.1 Å². The number of benzene rings is 2. The predicted molar refractivity (Wildman–Crippen MR) is 104 cm³/mol. The molecule has 1 aromatic heterocycles. The normalized spacial score (nSPS) is 20.5. The molecule has 28 heavy (non-hydrogen) atoms. The van der Waals surface area contributed by atoms with Crippen LogP contribution in [0.25, 0.3) is 0 Å². The monoisotopic (exact) mass is 398 g/mol. The van der Waals surface area contributed by atoms with E-state index in [1.165, 1.54) is 0 Å². The molecule has 2 aromatic carbocycles. The number of likely N-dealkylation sites (N-methyl/N-ethyl adjacent to an activating group) is 1. The fourth-order valence-corrected chi connectivity index (χ4v) is 4.77. The topological polar surface area (TPSA) is 88.3 Å². The molecule has 2 heterocycles. The first-order valence-corrected chi connectivity index (χ1v) is 10.6. The predicted octanol–water partition coefficient (Wildman–Crippen LogP) is 2.38. The third-order valence-electron chi connectivity index (χ3n) is 4.90. The van der Waals surface area contributed by atoms with E-state index in [0.717, 1.165) is 5.56 Å². The standard InChI is InChI=1S/C20H22N4O3S/c1-24-14-16(23-28(25,26)17-10-6-3-7-11-17)13-18(24)20-21-19(22-27-20)12-15-8-4-2-5-9-15/h2-11,16,18,23H,12-14H2,1H3. The molecule has 0 bridgehead atoms. The van der Waals surface area contributed by atoms with Crippen molar-refractivity contribution in [1.82, 2.24) is 19.8 Å². The lowest BCUT2D eigenvalue weighted by Gasteiger charge is -2.14. The fraction of sp³-hybridized carbons (Fsp3) is 0.300. The maximum Gasteiger partial charge on any atom is 0.244 e. The Morgan fingerprint density at radius 3 is 2.50 bits per heavy atom. The van der Waals surface area contributed by atoms with E-state index in [2.05, 4.69) is 14.9 Å². The smallest absolute Gasteiger partial charge is 0.244 e. The van der Waals surface area contributed by atoms with Crippen molar-refractivity contribution < 1.29 is 12.9 Å². The summed E-state index contributed by atoms with van der Waals surface area (Å²) in [7, 11) is -1.62. The molecule has 0 spiro atoms. The molecule has 0 radical (unpaired) electrons. The van der Waals surface area contributed by atoms with Gasteiger partial charge in [-0.25, -0.2) is 13.1 Å². The number of aromatic nitrogens is 2. The van der Waals surface area contributed by atoms with Crippen LogP contribution in [0.3, 0.4) is 0 Å². The zero-order valence-electron chi connectivity index (χ0n) is 15.5. The van der Waals surface area contributed by atoms with Gasteiger partial charge in [0.1, 0.15) is 0 Å². The van der Waals surface area contributed by atoms with Crippen LogP contribution in [0, 0.1) is 0 Å². The van der Waals surface area contributed by atoms with Crippen molar-refractivity contribution in [2.75, 3.05) is 13.6 Å². The Hall–Kier alpha value is -2.55. The highest BCUT2D eigenvalue weighted by molar-refractivity contribution is 7.89. The SMILES string of the molecule is CN1CC(NS(=O)(=O)c2ccccc2)CC1c1nc(Cc2ccccc2)no1. The summed E-state index contributed by atoms with van der Waals surface area (Å²) in [6.07, 6.45) is 1.18. The van der Waals surface area contributed by atoms with Gasteiger partial charge in [-0.3, -0.25) is 4.90 Å². The van der Waals surface area contributed by atoms with Crippen LogP contribution in [0.15, 0.2) is 70.1 Å². The Kier molecular flexibility index (Phi) is 5.25. The molecule has 2 atom stereocenters. The van der Waals surface area contributed by atoms with Crippen molar-refractivity contribution in [2.24, 2.45) is 0 Å². The van der Waals surface area contributed by atoms with E-state index in [4.69, 9.17) is 4.52 Å². The van der Waals surface area contributed by atoms with Crippen molar-refractivity contribution >= 4 is 10.0 Å². The highest BCUT2D eigenvalue weighted by Crippen LogP contribution is 2.30. The van der Waals surface area contributed by atoms with E-state index in [1.807, 2.05) is 42.3 Å². The van der Waals surface area contributed by atoms with Crippen LogP contribution in [0.1, 0.15) is 29.7 Å². The Morgan fingerprint density at radius 1 is 1.11 bits per heavy atom. The lowest BCUT2D eigenvalue weighted by molar-refractivity contribution is 0.244. The first-order valence-electron chi connectivity index (χ1n) is 9.15. The largest absolute Gasteiger partial charge is 0.338 e. The summed E-state index contributed by atoms with van der Waals surface area (Å²) in [5, 5.41) is 4.09. The van der Waals surface area contributed by atoms with Gasteiger partial charge in [0.05, 0.1) is 10.9 Å². The molecule has 1 fully saturated rings. The average Bonchev–Trinajstić information content (AvgIpc) is 3.29. The maximum atomic E-state index is 12.6. The summed E-state index contributed by atoms with van der Waals surface area (Å²) in [4.78, 5) is 6.84. The molecule has 0 amide bonds. The molecule has 1 aliphatic heterocycles. The molecular weight excluding hydrogens is 376 g/mol. The molecule has 146 valence electrons. The minimum atomic E-state index is -3.55. The molecule has 1 saturated heterocycles. The molecule has 0 saturated carbocycles. The second kappa shape index (κ2) is 7.83. The highest BCUT2D eigenvalue weighted by Gasteiger charge is 2.36. The number of hydrogen-bond acceptors (Lipinski definition) is 6. The van der Waals surface area contributed by atoms with E-state index in [9.17, 15) is 8.42 Å². The molecule has 3 aromatic rings. The number of nitrogens with one attached hydrogen (secondary N) is 1. The van der Waals surface area contributed by atoms with Gasteiger partial charge in [0.2, 0.25) is 15.9 Å². The molecule has 0 aliphatic carbocycles. The summed E-state index contributed by atoms with van der Waals surface area (Å²) < 4.78 is 33.4. The Labute approximate surface area is 164 Å². The Balaban J connectivity index is 1.43. The van der Waals surface area contributed by atoms with Crippen LogP contribution < -0.4 is 4.72 Å². The van der Waals surface area contributed by atoms with Gasteiger partial charge in [0, 0.05) is 19.0 Å². The van der Waals surface area contributed by atoms with Gasteiger partial charge in [-0.05, 0) is 31.2 Å². The van der Waals surface area contributed by atoms with Gasteiger partial charge in [0.25, 0.3) is 0 Å². The minimum Gasteiger partial charge on any atom is -0.338 e. The Morgan fingerprint density at radius 2 is 1.79 bits per heavy atom. The number of sulfonamides is 1. The van der Waals surface area contributed by atoms with Gasteiger partial charge in [0.15, 0.2) is 5.82 Å². The maximum absolute atomic E-state index is 12.6. The van der Waals surface area contributed by atoms with Crippen LogP contribution in [0.4, 0.5) is 0 Å². The molecule has 1 N–H and O–H groups in total. The van der Waals surface area contributed by atoms with Crippen LogP contribution >= 0.6 is 0 Å². The van der Waals surface area contributed by atoms with Crippen LogP contribution in [-0.2, 0) is 16.4 Å². The summed E-state index contributed by atoms with van der Waals surface area (Å²) in [5.74, 6) is 1.15. The van der Waals surface area contributed by atoms with E-state index >= 15 is 0 Å². The van der Waals surface area contributed by atoms with Crippen LogP contribution in [0.5, 0.6) is 0 Å². The third kappa shape index (κ3) is 4.14. The van der Waals surface area contributed by atoms with Gasteiger partial charge in [-0.15, -0.1) is 0 Å². The molecule has 8 heteroatoms. The summed E-state index contributed by atoms with van der Waals surface area (Å²) >= 11 is 0. The first-order chi connectivity index (χ1) is 13.5. The van der Waals surface area contributed by atoms with E-state index in [1.54, 1.807) is 30.3 Å². The fourth-order valence-electron chi connectivity index (χ4n) is 3.51. The number of likely N-dealkylation sites (tertiary alicyclic amines) is 1. The van der Waals surface area contributed by atoms with Crippen molar-refractivity contribution in [3.05, 3.63) is 77.9 Å². The van der Waals surface area contributed by atoms with Gasteiger partial charge >= 0.3 is 0 Å². The molecule has 2 unspecified atom stereocenters. The third-order valence-corrected chi connectivity index (χ3v) is 6.43. The number of hydrogen-bond donors (Lipinski definition) is 1. The Bertz CT molecular complexity index is 1020. The zero-order valence-corrected chi connectivity index (χ0v) is 16.3. The van der Waals surface area contributed by atoms with E-state index < -0.39 is 10.0 Å². The quantitative estimate of drug-likeness (QED) is 0.686. The van der Waals surface area contributed by atoms with Crippen molar-refractivity contribution in [3.63, 3.8) is 0 Å². The van der Waals surface area contributed by atoms with Gasteiger partial charge in [-0.2, -0.15) is 4.98 Å². The lowest BCUT2D eigenvalue weighted by atomic mass is 10.1. The minimum absolute atomic E-state index is 0.111. The van der Waals surface area contributed by atoms with Crippen molar-refractivity contribution in [1.29, 1.82) is 0 Å². The second-order valence-electron chi connectivity index (χ2n) is 7.03. The zero-order chi connectivity index (χ0) is 19.6. The molecule has 7 nitrogen and oxygen atoms in total. The van der Waals surface area contributed by atoms with Gasteiger partial charge in [-0.1, -0.05) is 53.7 Å². The summed E-state index contributed by atoms with van der Waals surface area (Å²) in [6, 6.07) is 18.0. The molecule has 4 rings (SSSR count). The summed E-state index contributed by atoms with van der Waals surface area (Å²) in [6.45, 7) is 0.577. The molecular formula is C20H22N4O3S. The van der Waals surface area contributed by atoms with Crippen molar-refractivity contribution in [2.45, 2.75) is 29.8 Å². The van der Waals surface area contributed by atoms with Crippen LogP contribution in [0.2, 0.25) is 0 Å².